The molecule has 1 atom stereocenters. The van der Waals surface area contributed by atoms with Crippen molar-refractivity contribution < 1.29 is 14.3 Å². The van der Waals surface area contributed by atoms with Crippen LogP contribution < -0.4 is 14.8 Å². The number of benzene rings is 1. The van der Waals surface area contributed by atoms with Crippen molar-refractivity contribution in [3.05, 3.63) is 29.6 Å². The van der Waals surface area contributed by atoms with Gasteiger partial charge in [0.1, 0.15) is 5.82 Å². The van der Waals surface area contributed by atoms with E-state index in [2.05, 4.69) is 20.1 Å². The standard InChI is InChI=1S/C20H26N4O3S/c1-13(19(25)21-11-15-8-9-17-18(10-15)27-12-26-17)28-20-23-22-14(2)24(20)16-6-4-3-5-7-16/h8-10,13,16H,3-7,11-12H2,1-2H3,(H,21,25). The highest BCUT2D eigenvalue weighted by atomic mass is 32.2. The van der Waals surface area contributed by atoms with Crippen LogP contribution in [0.4, 0.5) is 0 Å². The molecular weight excluding hydrogens is 376 g/mol. The summed E-state index contributed by atoms with van der Waals surface area (Å²) in [4.78, 5) is 12.6. The molecule has 2 aromatic rings. The topological polar surface area (TPSA) is 78.3 Å². The highest BCUT2D eigenvalue weighted by Gasteiger charge is 2.24. The number of nitrogens with one attached hydrogen (secondary N) is 1. The summed E-state index contributed by atoms with van der Waals surface area (Å²) in [5.74, 6) is 2.39. The highest BCUT2D eigenvalue weighted by molar-refractivity contribution is 8.00. The molecule has 1 aromatic heterocycles. The number of carbonyl (C=O) groups is 1. The Kier molecular flexibility index (Phi) is 5.75. The number of hydrogen-bond donors (Lipinski definition) is 1. The molecule has 0 radical (unpaired) electrons. The molecule has 0 bridgehead atoms. The van der Waals surface area contributed by atoms with Gasteiger partial charge in [0.25, 0.3) is 0 Å². The minimum absolute atomic E-state index is 0.0153. The third-order valence-corrected chi connectivity index (χ3v) is 6.39. The fourth-order valence-corrected chi connectivity index (χ4v) is 4.77. The molecule has 1 amide bonds. The van der Waals surface area contributed by atoms with Crippen LogP contribution in [0.3, 0.4) is 0 Å². The number of ether oxygens (including phenoxy) is 2. The molecule has 2 heterocycles. The van der Waals surface area contributed by atoms with Crippen molar-refractivity contribution in [3.63, 3.8) is 0 Å². The second-order valence-corrected chi connectivity index (χ2v) is 8.67. The number of nitrogens with zero attached hydrogens (tertiary/aromatic N) is 3. The van der Waals surface area contributed by atoms with Gasteiger partial charge in [-0.2, -0.15) is 0 Å². The average molecular weight is 403 g/mol. The van der Waals surface area contributed by atoms with Gasteiger partial charge in [-0.1, -0.05) is 37.1 Å². The Hall–Kier alpha value is -2.22. The van der Waals surface area contributed by atoms with Crippen molar-refractivity contribution in [2.75, 3.05) is 6.79 Å². The SMILES string of the molecule is Cc1nnc(SC(C)C(=O)NCc2ccc3c(c2)OCO3)n1C1CCCCC1. The molecule has 1 aliphatic heterocycles. The van der Waals surface area contributed by atoms with E-state index >= 15 is 0 Å². The first-order valence-electron chi connectivity index (χ1n) is 9.86. The third kappa shape index (κ3) is 4.11. The number of carbonyl (C=O) groups excluding carboxylic acids is 1. The molecule has 1 N–H and O–H groups in total. The maximum absolute atomic E-state index is 12.6. The predicted molar refractivity (Wildman–Crippen MR) is 107 cm³/mol. The van der Waals surface area contributed by atoms with E-state index in [0.717, 1.165) is 40.9 Å². The summed E-state index contributed by atoms with van der Waals surface area (Å²) in [6.07, 6.45) is 6.13. The molecular formula is C20H26N4O3S. The van der Waals surface area contributed by atoms with Gasteiger partial charge in [0.15, 0.2) is 16.7 Å². The van der Waals surface area contributed by atoms with Gasteiger partial charge >= 0.3 is 0 Å². The molecule has 4 rings (SSSR count). The quantitative estimate of drug-likeness (QED) is 0.744. The lowest BCUT2D eigenvalue weighted by Crippen LogP contribution is -2.30. The van der Waals surface area contributed by atoms with E-state index in [-0.39, 0.29) is 18.0 Å². The monoisotopic (exact) mass is 402 g/mol. The maximum Gasteiger partial charge on any atom is 0.233 e. The van der Waals surface area contributed by atoms with Crippen LogP contribution in [0.15, 0.2) is 23.4 Å². The van der Waals surface area contributed by atoms with Crippen molar-refractivity contribution in [1.82, 2.24) is 20.1 Å². The Morgan fingerprint density at radius 3 is 2.86 bits per heavy atom. The fourth-order valence-electron chi connectivity index (χ4n) is 3.79. The van der Waals surface area contributed by atoms with Crippen LogP contribution in [0, 0.1) is 6.92 Å². The van der Waals surface area contributed by atoms with E-state index in [9.17, 15) is 4.79 Å². The minimum Gasteiger partial charge on any atom is -0.454 e. The summed E-state index contributed by atoms with van der Waals surface area (Å²) >= 11 is 1.48. The van der Waals surface area contributed by atoms with Crippen molar-refractivity contribution >= 4 is 17.7 Å². The number of rotatable bonds is 6. The number of aryl methyl sites for hydroxylation is 1. The molecule has 28 heavy (non-hydrogen) atoms. The zero-order valence-electron chi connectivity index (χ0n) is 16.3. The van der Waals surface area contributed by atoms with E-state index in [0.29, 0.717) is 12.6 Å². The molecule has 1 unspecified atom stereocenters. The zero-order valence-corrected chi connectivity index (χ0v) is 17.1. The Morgan fingerprint density at radius 1 is 1.25 bits per heavy atom. The van der Waals surface area contributed by atoms with Crippen molar-refractivity contribution in [3.8, 4) is 11.5 Å². The van der Waals surface area contributed by atoms with Crippen LogP contribution in [0.25, 0.3) is 0 Å². The number of thioether (sulfide) groups is 1. The first-order valence-corrected chi connectivity index (χ1v) is 10.7. The molecule has 1 fully saturated rings. The number of hydrogen-bond acceptors (Lipinski definition) is 6. The molecule has 7 nitrogen and oxygen atoms in total. The summed E-state index contributed by atoms with van der Waals surface area (Å²) in [5, 5.41) is 12.2. The van der Waals surface area contributed by atoms with E-state index in [4.69, 9.17) is 9.47 Å². The average Bonchev–Trinajstić information content (AvgIpc) is 3.32. The Bertz CT molecular complexity index is 848. The summed E-state index contributed by atoms with van der Waals surface area (Å²) in [6, 6.07) is 6.17. The lowest BCUT2D eigenvalue weighted by atomic mass is 9.95. The Balaban J connectivity index is 1.36. The zero-order chi connectivity index (χ0) is 19.5. The summed E-state index contributed by atoms with van der Waals surface area (Å²) < 4.78 is 12.9. The van der Waals surface area contributed by atoms with Crippen LogP contribution in [-0.4, -0.2) is 32.7 Å². The lowest BCUT2D eigenvalue weighted by molar-refractivity contribution is -0.120. The summed E-state index contributed by atoms with van der Waals surface area (Å²) in [7, 11) is 0. The second-order valence-electron chi connectivity index (χ2n) is 7.36. The molecule has 0 spiro atoms. The lowest BCUT2D eigenvalue weighted by Gasteiger charge is -2.25. The smallest absolute Gasteiger partial charge is 0.233 e. The molecule has 2 aliphatic rings. The molecule has 8 heteroatoms. The van der Waals surface area contributed by atoms with Gasteiger partial charge in [0.2, 0.25) is 12.7 Å². The third-order valence-electron chi connectivity index (χ3n) is 5.33. The van der Waals surface area contributed by atoms with E-state index in [1.165, 1.54) is 31.0 Å². The number of fused-ring (bicyclic) bond motifs is 1. The van der Waals surface area contributed by atoms with Crippen molar-refractivity contribution in [2.24, 2.45) is 0 Å². The van der Waals surface area contributed by atoms with Crippen LogP contribution in [0.1, 0.15) is 56.5 Å². The minimum atomic E-state index is -0.250. The molecule has 150 valence electrons. The van der Waals surface area contributed by atoms with E-state index in [1.54, 1.807) is 0 Å². The van der Waals surface area contributed by atoms with Gasteiger partial charge in [0.05, 0.1) is 5.25 Å². The van der Waals surface area contributed by atoms with Crippen molar-refractivity contribution in [2.45, 2.75) is 68.9 Å². The fraction of sp³-hybridized carbons (Fsp3) is 0.550. The van der Waals surface area contributed by atoms with Crippen LogP contribution >= 0.6 is 11.8 Å². The van der Waals surface area contributed by atoms with Crippen LogP contribution in [-0.2, 0) is 11.3 Å². The van der Waals surface area contributed by atoms with Gasteiger partial charge in [-0.3, -0.25) is 4.79 Å². The number of amides is 1. The van der Waals surface area contributed by atoms with Crippen LogP contribution in [0.5, 0.6) is 11.5 Å². The van der Waals surface area contributed by atoms with Gasteiger partial charge < -0.3 is 19.4 Å². The van der Waals surface area contributed by atoms with E-state index < -0.39 is 0 Å². The van der Waals surface area contributed by atoms with E-state index in [1.807, 2.05) is 32.0 Å². The van der Waals surface area contributed by atoms with Gasteiger partial charge in [-0.15, -0.1) is 10.2 Å². The first-order chi connectivity index (χ1) is 13.6. The van der Waals surface area contributed by atoms with Crippen LogP contribution in [0.2, 0.25) is 0 Å². The Labute approximate surface area is 169 Å². The largest absolute Gasteiger partial charge is 0.454 e. The molecule has 1 saturated carbocycles. The summed E-state index contributed by atoms with van der Waals surface area (Å²) in [6.45, 7) is 4.61. The number of aromatic nitrogens is 3. The molecule has 1 aliphatic carbocycles. The summed E-state index contributed by atoms with van der Waals surface area (Å²) in [5.41, 5.74) is 0.982. The maximum atomic E-state index is 12.6. The Morgan fingerprint density at radius 2 is 2.04 bits per heavy atom. The first kappa shape index (κ1) is 19.1. The van der Waals surface area contributed by atoms with Gasteiger partial charge in [0, 0.05) is 12.6 Å². The van der Waals surface area contributed by atoms with Gasteiger partial charge in [-0.25, -0.2) is 0 Å². The molecule has 0 saturated heterocycles. The van der Waals surface area contributed by atoms with Crippen molar-refractivity contribution in [1.29, 1.82) is 0 Å². The molecule has 1 aromatic carbocycles. The predicted octanol–water partition coefficient (Wildman–Crippen LogP) is 3.62. The second kappa shape index (κ2) is 8.43. The highest BCUT2D eigenvalue weighted by Crippen LogP contribution is 2.34. The normalized spacial score (nSPS) is 17.5. The van der Waals surface area contributed by atoms with Gasteiger partial charge in [-0.05, 0) is 44.4 Å².